The first-order valence-corrected chi connectivity index (χ1v) is 6.09. The number of halogens is 2. The molecule has 0 amide bonds. The van der Waals surface area contributed by atoms with Crippen LogP contribution in [-0.4, -0.2) is 32.3 Å². The molecule has 0 saturated heterocycles. The van der Waals surface area contributed by atoms with E-state index < -0.39 is 5.60 Å². The molecule has 0 spiro atoms. The van der Waals surface area contributed by atoms with Gasteiger partial charge in [0.1, 0.15) is 17.9 Å². The van der Waals surface area contributed by atoms with E-state index in [0.29, 0.717) is 11.4 Å². The topological polar surface area (TPSA) is 64.8 Å². The zero-order valence-corrected chi connectivity index (χ0v) is 14.6. The van der Waals surface area contributed by atoms with Gasteiger partial charge in [-0.25, -0.2) is 0 Å². The highest BCUT2D eigenvalue weighted by Gasteiger charge is 2.19. The number of carbonyl (C=O) groups excluding carboxylic acids is 1. The lowest BCUT2D eigenvalue weighted by Gasteiger charge is -2.24. The largest absolute Gasteiger partial charge is 0.495 e. The van der Waals surface area contributed by atoms with Crippen molar-refractivity contribution in [3.8, 4) is 5.75 Å². The number of hydrogen-bond acceptors (Lipinski definition) is 5. The van der Waals surface area contributed by atoms with Crippen molar-refractivity contribution in [3.05, 3.63) is 18.2 Å². The fraction of sp³-hybridized carbons (Fsp3) is 0.500. The molecule has 7 heteroatoms. The molecule has 1 rings (SSSR count). The number of nitrogens with two attached hydrogens (primary N) is 1. The fourth-order valence-corrected chi connectivity index (χ4v) is 1.66. The van der Waals surface area contributed by atoms with Crippen molar-refractivity contribution in [2.45, 2.75) is 26.4 Å². The van der Waals surface area contributed by atoms with Crippen LogP contribution in [0.25, 0.3) is 0 Å². The van der Waals surface area contributed by atoms with E-state index in [1.54, 1.807) is 37.3 Å². The van der Waals surface area contributed by atoms with Gasteiger partial charge in [0.25, 0.3) is 0 Å². The zero-order chi connectivity index (χ0) is 14.6. The fourth-order valence-electron chi connectivity index (χ4n) is 1.66. The van der Waals surface area contributed by atoms with E-state index in [1.165, 1.54) is 0 Å². The van der Waals surface area contributed by atoms with Gasteiger partial charge in [0.05, 0.1) is 12.8 Å². The highest BCUT2D eigenvalue weighted by Crippen LogP contribution is 2.29. The molecule has 0 bridgehead atoms. The Bertz CT molecular complexity index is 462. The summed E-state index contributed by atoms with van der Waals surface area (Å²) in [6, 6.07) is 5.29. The molecule has 0 atom stereocenters. The minimum atomic E-state index is -0.488. The number of ether oxygens (including phenoxy) is 2. The van der Waals surface area contributed by atoms with Crippen molar-refractivity contribution >= 4 is 42.2 Å². The van der Waals surface area contributed by atoms with E-state index in [0.717, 1.165) is 5.69 Å². The number of anilines is 2. The van der Waals surface area contributed by atoms with Crippen LogP contribution in [0.3, 0.4) is 0 Å². The second-order valence-corrected chi connectivity index (χ2v) is 5.37. The van der Waals surface area contributed by atoms with Gasteiger partial charge in [-0.2, -0.15) is 0 Å². The van der Waals surface area contributed by atoms with Crippen molar-refractivity contribution in [2.24, 2.45) is 0 Å². The molecular formula is C14H24Cl2N2O3. The van der Waals surface area contributed by atoms with Gasteiger partial charge in [0, 0.05) is 12.7 Å². The van der Waals surface area contributed by atoms with E-state index in [1.807, 2.05) is 20.8 Å². The van der Waals surface area contributed by atoms with Crippen molar-refractivity contribution in [2.75, 3.05) is 31.3 Å². The number of nitrogens with zero attached hydrogens (tertiary/aromatic N) is 1. The second kappa shape index (κ2) is 8.85. The molecule has 0 fully saturated rings. The molecule has 0 saturated carbocycles. The third-order valence-electron chi connectivity index (χ3n) is 2.40. The van der Waals surface area contributed by atoms with Gasteiger partial charge in [-0.05, 0) is 39.0 Å². The molecule has 0 radical (unpaired) electrons. The van der Waals surface area contributed by atoms with Crippen LogP contribution in [0.1, 0.15) is 20.8 Å². The standard InChI is InChI=1S/C14H22N2O3.2ClH/c1-14(2,3)19-13(17)9-16(4)11-8-10(15)6-7-12(11)18-5;;/h6-8H,9,15H2,1-5H3;2*1H. The molecule has 0 heterocycles. The molecule has 2 N–H and O–H groups in total. The molecule has 0 unspecified atom stereocenters. The first-order chi connectivity index (χ1) is 8.73. The lowest BCUT2D eigenvalue weighted by Crippen LogP contribution is -2.32. The third kappa shape index (κ3) is 7.29. The Labute approximate surface area is 138 Å². The number of hydrogen-bond donors (Lipinski definition) is 1. The summed E-state index contributed by atoms with van der Waals surface area (Å²) >= 11 is 0. The van der Waals surface area contributed by atoms with Gasteiger partial charge < -0.3 is 20.1 Å². The first kappa shape index (κ1) is 22.0. The Balaban J connectivity index is 0. The minimum absolute atomic E-state index is 0. The monoisotopic (exact) mass is 338 g/mol. The van der Waals surface area contributed by atoms with Crippen LogP contribution in [0.15, 0.2) is 18.2 Å². The molecule has 21 heavy (non-hydrogen) atoms. The van der Waals surface area contributed by atoms with Crippen molar-refractivity contribution in [1.82, 2.24) is 0 Å². The molecule has 0 aliphatic rings. The summed E-state index contributed by atoms with van der Waals surface area (Å²) in [6.07, 6.45) is 0. The van der Waals surface area contributed by atoms with Crippen molar-refractivity contribution in [1.29, 1.82) is 0 Å². The summed E-state index contributed by atoms with van der Waals surface area (Å²) in [5.74, 6) is 0.375. The lowest BCUT2D eigenvalue weighted by molar-refractivity contribution is -0.152. The van der Waals surface area contributed by atoms with Crippen LogP contribution in [0.4, 0.5) is 11.4 Å². The van der Waals surface area contributed by atoms with E-state index in [-0.39, 0.29) is 37.3 Å². The number of benzene rings is 1. The highest BCUT2D eigenvalue weighted by molar-refractivity contribution is 5.85. The highest BCUT2D eigenvalue weighted by atomic mass is 35.5. The van der Waals surface area contributed by atoms with E-state index in [4.69, 9.17) is 15.2 Å². The normalized spacial score (nSPS) is 9.95. The maximum Gasteiger partial charge on any atom is 0.326 e. The number of likely N-dealkylation sites (N-methyl/N-ethyl adjacent to an activating group) is 1. The lowest BCUT2D eigenvalue weighted by atomic mass is 10.2. The predicted octanol–water partition coefficient (Wildman–Crippen LogP) is 2.90. The van der Waals surface area contributed by atoms with Crippen LogP contribution in [-0.2, 0) is 9.53 Å². The van der Waals surface area contributed by atoms with Gasteiger partial charge in [-0.1, -0.05) is 0 Å². The predicted molar refractivity (Wildman–Crippen MR) is 91.0 cm³/mol. The quantitative estimate of drug-likeness (QED) is 0.675. The molecule has 122 valence electrons. The molecule has 0 aliphatic heterocycles. The molecule has 0 aliphatic carbocycles. The number of methoxy groups -OCH3 is 1. The van der Waals surface area contributed by atoms with Crippen molar-refractivity contribution < 1.29 is 14.3 Å². The molecule has 1 aromatic rings. The first-order valence-electron chi connectivity index (χ1n) is 6.09. The van der Waals surface area contributed by atoms with Crippen molar-refractivity contribution in [3.63, 3.8) is 0 Å². The van der Waals surface area contributed by atoms with Gasteiger partial charge in [0.2, 0.25) is 0 Å². The van der Waals surface area contributed by atoms with E-state index in [2.05, 4.69) is 0 Å². The zero-order valence-electron chi connectivity index (χ0n) is 13.0. The third-order valence-corrected chi connectivity index (χ3v) is 2.40. The smallest absolute Gasteiger partial charge is 0.326 e. The van der Waals surface area contributed by atoms with Gasteiger partial charge >= 0.3 is 5.97 Å². The minimum Gasteiger partial charge on any atom is -0.495 e. The Morgan fingerprint density at radius 3 is 2.33 bits per heavy atom. The Morgan fingerprint density at radius 2 is 1.86 bits per heavy atom. The van der Waals surface area contributed by atoms with Crippen LogP contribution >= 0.6 is 24.8 Å². The Kier molecular flexibility index (Phi) is 9.25. The SMILES string of the molecule is COc1ccc(N)cc1N(C)CC(=O)OC(C)(C)C.Cl.Cl. The Morgan fingerprint density at radius 1 is 1.29 bits per heavy atom. The number of esters is 1. The summed E-state index contributed by atoms with van der Waals surface area (Å²) < 4.78 is 10.5. The molecular weight excluding hydrogens is 315 g/mol. The van der Waals surface area contributed by atoms with Crippen LogP contribution in [0.2, 0.25) is 0 Å². The average molecular weight is 339 g/mol. The summed E-state index contributed by atoms with van der Waals surface area (Å²) in [7, 11) is 3.37. The maximum atomic E-state index is 11.8. The number of nitrogen functional groups attached to an aromatic ring is 1. The average Bonchev–Trinajstić information content (AvgIpc) is 2.26. The molecule has 1 aromatic carbocycles. The van der Waals surface area contributed by atoms with Gasteiger partial charge in [-0.15, -0.1) is 24.8 Å². The van der Waals surface area contributed by atoms with Gasteiger partial charge in [-0.3, -0.25) is 4.79 Å². The maximum absolute atomic E-state index is 11.8. The molecule has 5 nitrogen and oxygen atoms in total. The summed E-state index contributed by atoms with van der Waals surface area (Å²) in [5.41, 5.74) is 6.64. The second-order valence-electron chi connectivity index (χ2n) is 5.37. The number of carbonyl (C=O) groups is 1. The Hall–Kier alpha value is -1.33. The molecule has 0 aromatic heterocycles. The van der Waals surface area contributed by atoms with Crippen LogP contribution < -0.4 is 15.4 Å². The van der Waals surface area contributed by atoms with Crippen LogP contribution in [0, 0.1) is 0 Å². The summed E-state index contributed by atoms with van der Waals surface area (Å²) in [4.78, 5) is 13.5. The van der Waals surface area contributed by atoms with E-state index >= 15 is 0 Å². The summed E-state index contributed by atoms with van der Waals surface area (Å²) in [6.45, 7) is 5.65. The van der Waals surface area contributed by atoms with E-state index in [9.17, 15) is 4.79 Å². The van der Waals surface area contributed by atoms with Crippen LogP contribution in [0.5, 0.6) is 5.75 Å². The number of rotatable bonds is 4. The summed E-state index contributed by atoms with van der Waals surface area (Å²) in [5, 5.41) is 0. The van der Waals surface area contributed by atoms with Gasteiger partial charge in [0.15, 0.2) is 0 Å².